The van der Waals surface area contributed by atoms with Crippen molar-refractivity contribution >= 4 is 28.1 Å². The highest BCUT2D eigenvalue weighted by Crippen LogP contribution is 2.28. The monoisotopic (exact) mass is 349 g/mol. The fourth-order valence-electron chi connectivity index (χ4n) is 2.59. The van der Waals surface area contributed by atoms with E-state index < -0.39 is 10.8 Å². The highest BCUT2D eigenvalue weighted by molar-refractivity contribution is 6.04. The summed E-state index contributed by atoms with van der Waals surface area (Å²) in [4.78, 5) is 23.0. The van der Waals surface area contributed by atoms with Gasteiger partial charge in [-0.25, -0.2) is 10.9 Å². The molecule has 3 N–H and O–H groups in total. The molecule has 7 heteroatoms. The molecule has 0 radical (unpaired) electrons. The second-order valence-electron chi connectivity index (χ2n) is 5.65. The average molecular weight is 349 g/mol. The number of hydrogen-bond acceptors (Lipinski definition) is 5. The molecule has 0 fully saturated rings. The predicted molar refractivity (Wildman–Crippen MR) is 98.1 cm³/mol. The molecule has 0 heterocycles. The fourth-order valence-corrected chi connectivity index (χ4v) is 2.59. The van der Waals surface area contributed by atoms with E-state index in [-0.39, 0.29) is 22.7 Å². The molecule has 0 aliphatic rings. The van der Waals surface area contributed by atoms with Gasteiger partial charge in [0, 0.05) is 17.7 Å². The minimum absolute atomic E-state index is 0.0118. The Hall–Kier alpha value is -3.71. The van der Waals surface area contributed by atoms with E-state index in [4.69, 9.17) is 5.84 Å². The highest BCUT2D eigenvalue weighted by atomic mass is 16.6. The number of non-ortho nitro benzene ring substituents is 1. The normalized spacial score (nSPS) is 10.5. The van der Waals surface area contributed by atoms with Crippen LogP contribution in [0, 0.1) is 10.1 Å². The van der Waals surface area contributed by atoms with E-state index in [9.17, 15) is 20.0 Å². The van der Waals surface area contributed by atoms with Crippen molar-refractivity contribution in [2.75, 3.05) is 0 Å². The maximum absolute atomic E-state index is 12.7. The van der Waals surface area contributed by atoms with Crippen molar-refractivity contribution < 1.29 is 14.8 Å². The third kappa shape index (κ3) is 3.11. The summed E-state index contributed by atoms with van der Waals surface area (Å²) < 4.78 is 0. The second-order valence-corrected chi connectivity index (χ2v) is 5.65. The maximum atomic E-state index is 12.7. The Bertz CT molecular complexity index is 1050. The Morgan fingerprint density at radius 1 is 1.08 bits per heavy atom. The van der Waals surface area contributed by atoms with Crippen molar-refractivity contribution in [3.8, 4) is 5.75 Å². The Morgan fingerprint density at radius 3 is 2.38 bits per heavy atom. The van der Waals surface area contributed by atoms with E-state index >= 15 is 0 Å². The molecular formula is C19H15N3O4. The van der Waals surface area contributed by atoms with E-state index in [1.165, 1.54) is 30.3 Å². The smallest absolute Gasteiger partial charge is 0.276 e. The van der Waals surface area contributed by atoms with Gasteiger partial charge in [0.1, 0.15) is 5.75 Å². The van der Waals surface area contributed by atoms with Crippen molar-refractivity contribution in [2.45, 2.75) is 0 Å². The SMILES string of the molecule is C=C(c1cccc([N+](=O)[O-])c1)N(N)C(=O)c1cc2ccccc2cc1O. The van der Waals surface area contributed by atoms with Crippen LogP contribution in [0.25, 0.3) is 16.5 Å². The zero-order chi connectivity index (χ0) is 18.8. The number of benzene rings is 3. The summed E-state index contributed by atoms with van der Waals surface area (Å²) >= 11 is 0. The topological polar surface area (TPSA) is 110 Å². The second kappa shape index (κ2) is 6.66. The first-order valence-electron chi connectivity index (χ1n) is 7.63. The van der Waals surface area contributed by atoms with Crippen LogP contribution in [0.4, 0.5) is 5.69 Å². The van der Waals surface area contributed by atoms with E-state index in [1.807, 2.05) is 24.3 Å². The molecule has 3 aromatic rings. The van der Waals surface area contributed by atoms with Crippen molar-refractivity contribution in [1.82, 2.24) is 5.01 Å². The van der Waals surface area contributed by atoms with Crippen molar-refractivity contribution in [3.05, 3.63) is 88.5 Å². The lowest BCUT2D eigenvalue weighted by Gasteiger charge is -2.20. The number of aromatic hydroxyl groups is 1. The molecule has 0 spiro atoms. The number of nitrogens with two attached hydrogens (primary N) is 1. The molecule has 26 heavy (non-hydrogen) atoms. The van der Waals surface area contributed by atoms with Crippen LogP contribution in [0.5, 0.6) is 5.75 Å². The number of amides is 1. The Labute approximate surface area is 148 Å². The zero-order valence-electron chi connectivity index (χ0n) is 13.6. The van der Waals surface area contributed by atoms with Gasteiger partial charge in [0.05, 0.1) is 16.2 Å². The molecule has 3 rings (SSSR count). The Morgan fingerprint density at radius 2 is 1.73 bits per heavy atom. The number of hydrogen-bond donors (Lipinski definition) is 2. The Balaban J connectivity index is 1.94. The number of fused-ring (bicyclic) bond motifs is 1. The summed E-state index contributed by atoms with van der Waals surface area (Å²) in [6.07, 6.45) is 0. The van der Waals surface area contributed by atoms with Gasteiger partial charge < -0.3 is 5.11 Å². The number of phenolic OH excluding ortho intramolecular Hbond substituents is 1. The van der Waals surface area contributed by atoms with Gasteiger partial charge in [-0.05, 0) is 22.9 Å². The quantitative estimate of drug-likeness (QED) is 0.324. The lowest BCUT2D eigenvalue weighted by molar-refractivity contribution is -0.384. The van der Waals surface area contributed by atoms with Gasteiger partial charge >= 0.3 is 0 Å². The maximum Gasteiger partial charge on any atom is 0.276 e. The molecular weight excluding hydrogens is 334 g/mol. The molecule has 0 aliphatic heterocycles. The van der Waals surface area contributed by atoms with E-state index in [1.54, 1.807) is 6.07 Å². The van der Waals surface area contributed by atoms with E-state index in [0.29, 0.717) is 5.56 Å². The molecule has 0 bridgehead atoms. The number of hydrazine groups is 1. The van der Waals surface area contributed by atoms with Gasteiger partial charge in [0.15, 0.2) is 0 Å². The van der Waals surface area contributed by atoms with Gasteiger partial charge in [0.2, 0.25) is 0 Å². The number of nitro benzene ring substituents is 1. The summed E-state index contributed by atoms with van der Waals surface area (Å²) in [6.45, 7) is 3.74. The molecule has 0 saturated carbocycles. The van der Waals surface area contributed by atoms with Gasteiger partial charge in [-0.3, -0.25) is 14.9 Å². The molecule has 0 saturated heterocycles. The molecule has 0 atom stereocenters. The van der Waals surface area contributed by atoms with E-state index in [0.717, 1.165) is 15.8 Å². The summed E-state index contributed by atoms with van der Waals surface area (Å²) in [7, 11) is 0. The molecule has 130 valence electrons. The summed E-state index contributed by atoms with van der Waals surface area (Å²) in [5.74, 6) is 4.98. The van der Waals surface area contributed by atoms with E-state index in [2.05, 4.69) is 6.58 Å². The van der Waals surface area contributed by atoms with Crippen LogP contribution in [-0.4, -0.2) is 20.9 Å². The summed E-state index contributed by atoms with van der Waals surface area (Å²) in [5, 5.41) is 23.4. The van der Waals surface area contributed by atoms with Gasteiger partial charge in [-0.15, -0.1) is 0 Å². The number of rotatable bonds is 4. The lowest BCUT2D eigenvalue weighted by atomic mass is 10.0. The first kappa shape index (κ1) is 17.1. The van der Waals surface area contributed by atoms with Crippen LogP contribution in [0.1, 0.15) is 15.9 Å². The predicted octanol–water partition coefficient (Wildman–Crippen LogP) is 3.44. The van der Waals surface area contributed by atoms with Gasteiger partial charge in [-0.2, -0.15) is 0 Å². The van der Waals surface area contributed by atoms with Crippen LogP contribution in [-0.2, 0) is 0 Å². The van der Waals surface area contributed by atoms with Crippen molar-refractivity contribution in [1.29, 1.82) is 0 Å². The van der Waals surface area contributed by atoms with Crippen molar-refractivity contribution in [3.63, 3.8) is 0 Å². The largest absolute Gasteiger partial charge is 0.507 e. The summed E-state index contributed by atoms with van der Waals surface area (Å²) in [5.41, 5.74) is 0.275. The lowest BCUT2D eigenvalue weighted by Crippen LogP contribution is -2.35. The zero-order valence-corrected chi connectivity index (χ0v) is 13.6. The average Bonchev–Trinajstić information content (AvgIpc) is 2.65. The number of nitrogens with zero attached hydrogens (tertiary/aromatic N) is 2. The van der Waals surface area contributed by atoms with Crippen LogP contribution >= 0.6 is 0 Å². The molecule has 0 aromatic heterocycles. The highest BCUT2D eigenvalue weighted by Gasteiger charge is 2.21. The molecule has 3 aromatic carbocycles. The number of nitro groups is 1. The van der Waals surface area contributed by atoms with Crippen LogP contribution in [0.3, 0.4) is 0 Å². The molecule has 0 unspecified atom stereocenters. The summed E-state index contributed by atoms with van der Waals surface area (Å²) in [6, 6.07) is 15.9. The molecule has 1 amide bonds. The minimum atomic E-state index is -0.676. The van der Waals surface area contributed by atoms with Crippen LogP contribution in [0.2, 0.25) is 0 Å². The first-order chi connectivity index (χ1) is 12.4. The number of phenols is 1. The molecule has 7 nitrogen and oxygen atoms in total. The van der Waals surface area contributed by atoms with Crippen LogP contribution in [0.15, 0.2) is 67.2 Å². The van der Waals surface area contributed by atoms with Gasteiger partial charge in [-0.1, -0.05) is 43.0 Å². The molecule has 0 aliphatic carbocycles. The Kier molecular flexibility index (Phi) is 4.38. The fraction of sp³-hybridized carbons (Fsp3) is 0. The standard InChI is InChI=1S/C19H15N3O4/c1-12(13-7-4-8-16(9-13)22(25)26)21(20)19(24)17-10-14-5-2-3-6-15(14)11-18(17)23/h2-11,23H,1,20H2. The van der Waals surface area contributed by atoms with Gasteiger partial charge in [0.25, 0.3) is 11.6 Å². The third-order valence-corrected chi connectivity index (χ3v) is 3.99. The third-order valence-electron chi connectivity index (χ3n) is 3.99. The number of carbonyl (C=O) groups excluding carboxylic acids is 1. The van der Waals surface area contributed by atoms with Crippen LogP contribution < -0.4 is 5.84 Å². The van der Waals surface area contributed by atoms with Crippen molar-refractivity contribution in [2.24, 2.45) is 5.84 Å². The number of carbonyl (C=O) groups is 1. The minimum Gasteiger partial charge on any atom is -0.507 e. The first-order valence-corrected chi connectivity index (χ1v) is 7.63.